The number of carbonyl (C=O) groups is 1. The summed E-state index contributed by atoms with van der Waals surface area (Å²) in [5.41, 5.74) is -0.580. The number of benzene rings is 1. The lowest BCUT2D eigenvalue weighted by atomic mass is 10.1. The average molecular weight is 342 g/mol. The van der Waals surface area contributed by atoms with Gasteiger partial charge in [0, 0.05) is 11.4 Å². The molecule has 0 saturated heterocycles. The predicted octanol–water partition coefficient (Wildman–Crippen LogP) is 3.56. The van der Waals surface area contributed by atoms with Crippen molar-refractivity contribution in [3.8, 4) is 5.75 Å². The lowest BCUT2D eigenvalue weighted by molar-refractivity contribution is -0.384. The van der Waals surface area contributed by atoms with Crippen LogP contribution in [0.4, 0.5) is 5.69 Å². The Hall–Kier alpha value is -1.43. The molecule has 3 unspecified atom stereocenters. The summed E-state index contributed by atoms with van der Waals surface area (Å²) in [4.78, 5) is 22.5. The van der Waals surface area contributed by atoms with Gasteiger partial charge in [-0.1, -0.05) is 35.3 Å². The van der Waals surface area contributed by atoms with Gasteiger partial charge in [0.1, 0.15) is 5.75 Å². The molecule has 6 heteroatoms. The first-order valence-electron chi connectivity index (χ1n) is 6.47. The normalized spacial score (nSPS) is 27.9. The van der Waals surface area contributed by atoms with Crippen LogP contribution in [0.15, 0.2) is 24.3 Å². The minimum Gasteiger partial charge on any atom is -0.426 e. The summed E-state index contributed by atoms with van der Waals surface area (Å²) in [6.45, 7) is 3.94. The number of nitro groups is 1. The maximum absolute atomic E-state index is 12.3. The Morgan fingerprint density at radius 2 is 2.20 bits per heavy atom. The van der Waals surface area contributed by atoms with E-state index in [0.717, 1.165) is 11.8 Å². The Morgan fingerprint density at radius 3 is 2.70 bits per heavy atom. The summed E-state index contributed by atoms with van der Waals surface area (Å²) >= 11 is 3.42. The molecule has 0 N–H and O–H groups in total. The lowest BCUT2D eigenvalue weighted by Gasteiger charge is -2.11. The van der Waals surface area contributed by atoms with Gasteiger partial charge in [0.15, 0.2) is 0 Å². The van der Waals surface area contributed by atoms with Gasteiger partial charge in [-0.05, 0) is 24.8 Å². The van der Waals surface area contributed by atoms with Crippen molar-refractivity contribution in [2.45, 2.75) is 20.3 Å². The van der Waals surface area contributed by atoms with Crippen molar-refractivity contribution in [3.05, 3.63) is 34.4 Å². The Balaban J connectivity index is 2.13. The van der Waals surface area contributed by atoms with Crippen LogP contribution in [0, 0.1) is 27.4 Å². The number of non-ortho nitro benzene ring substituents is 1. The number of hydrogen-bond acceptors (Lipinski definition) is 4. The highest BCUT2D eigenvalue weighted by molar-refractivity contribution is 9.09. The number of nitrogens with zero attached hydrogens (tertiary/aromatic N) is 1. The fourth-order valence-electron chi connectivity index (χ4n) is 2.85. The van der Waals surface area contributed by atoms with E-state index in [9.17, 15) is 14.9 Å². The van der Waals surface area contributed by atoms with E-state index in [1.165, 1.54) is 18.2 Å². The molecule has 1 saturated carbocycles. The number of alkyl halides is 1. The van der Waals surface area contributed by atoms with E-state index in [1.807, 2.05) is 13.8 Å². The molecule has 0 amide bonds. The quantitative estimate of drug-likeness (QED) is 0.270. The summed E-state index contributed by atoms with van der Waals surface area (Å²) < 4.78 is 5.33. The molecule has 1 aliphatic rings. The number of ether oxygens (including phenoxy) is 1. The molecule has 108 valence electrons. The minimum atomic E-state index is -0.508. The highest BCUT2D eigenvalue weighted by Gasteiger charge is 2.65. The molecule has 5 nitrogen and oxygen atoms in total. The first-order valence-corrected chi connectivity index (χ1v) is 7.60. The van der Waals surface area contributed by atoms with Crippen LogP contribution in [0.3, 0.4) is 0 Å². The van der Waals surface area contributed by atoms with Gasteiger partial charge in [0.05, 0.1) is 16.4 Å². The molecule has 1 fully saturated rings. The van der Waals surface area contributed by atoms with Gasteiger partial charge in [-0.25, -0.2) is 0 Å². The largest absolute Gasteiger partial charge is 0.426 e. The third-order valence-corrected chi connectivity index (χ3v) is 4.90. The average Bonchev–Trinajstić information content (AvgIpc) is 3.04. The van der Waals surface area contributed by atoms with Crippen LogP contribution < -0.4 is 4.74 Å². The van der Waals surface area contributed by atoms with Gasteiger partial charge >= 0.3 is 5.97 Å². The summed E-state index contributed by atoms with van der Waals surface area (Å²) in [6, 6.07) is 5.70. The Morgan fingerprint density at radius 1 is 1.50 bits per heavy atom. The molecule has 2 rings (SSSR count). The van der Waals surface area contributed by atoms with Crippen molar-refractivity contribution in [1.82, 2.24) is 0 Å². The number of esters is 1. The van der Waals surface area contributed by atoms with Crippen LogP contribution >= 0.6 is 15.9 Å². The number of hydrogen-bond donors (Lipinski definition) is 0. The van der Waals surface area contributed by atoms with Crippen LogP contribution in [-0.4, -0.2) is 16.2 Å². The van der Waals surface area contributed by atoms with Gasteiger partial charge in [-0.15, -0.1) is 0 Å². The minimum absolute atomic E-state index is 0.0830. The van der Waals surface area contributed by atoms with E-state index < -0.39 is 10.3 Å². The van der Waals surface area contributed by atoms with Crippen molar-refractivity contribution in [1.29, 1.82) is 0 Å². The molecule has 0 aliphatic heterocycles. The van der Waals surface area contributed by atoms with Crippen LogP contribution in [0.2, 0.25) is 0 Å². The molecule has 0 aromatic heterocycles. The molecule has 0 heterocycles. The van der Waals surface area contributed by atoms with E-state index >= 15 is 0 Å². The fourth-order valence-corrected chi connectivity index (χ4v) is 3.98. The number of halogens is 1. The zero-order valence-corrected chi connectivity index (χ0v) is 12.9. The second kappa shape index (κ2) is 5.52. The van der Waals surface area contributed by atoms with Crippen LogP contribution in [0.5, 0.6) is 5.75 Å². The molecule has 3 atom stereocenters. The zero-order chi connectivity index (χ0) is 14.9. The molecular formula is C14H16BrNO4. The van der Waals surface area contributed by atoms with E-state index in [4.69, 9.17) is 4.74 Å². The SMILES string of the molecule is CCC1C(CBr)C1(C)C(=O)Oc1cccc([N+](=O)[O-])c1. The van der Waals surface area contributed by atoms with E-state index in [-0.39, 0.29) is 23.3 Å². The third kappa shape index (κ3) is 2.44. The summed E-state index contributed by atoms with van der Waals surface area (Å²) in [7, 11) is 0. The number of carbonyl (C=O) groups excluding carboxylic acids is 1. The number of rotatable bonds is 5. The van der Waals surface area contributed by atoms with Gasteiger partial charge < -0.3 is 4.74 Å². The molecule has 1 aromatic carbocycles. The number of nitro benzene ring substituents is 1. The second-order valence-corrected chi connectivity index (χ2v) is 5.85. The van der Waals surface area contributed by atoms with E-state index in [2.05, 4.69) is 15.9 Å². The molecule has 0 spiro atoms. The van der Waals surface area contributed by atoms with Gasteiger partial charge in [0.25, 0.3) is 5.69 Å². The fraction of sp³-hybridized carbons (Fsp3) is 0.500. The van der Waals surface area contributed by atoms with Crippen LogP contribution in [0.25, 0.3) is 0 Å². The van der Waals surface area contributed by atoms with E-state index in [0.29, 0.717) is 5.92 Å². The molecule has 1 aromatic rings. The standard InChI is InChI=1S/C14H16BrNO4/c1-3-11-12(8-15)14(11,2)13(17)20-10-6-4-5-9(7-10)16(18)19/h4-7,11-12H,3,8H2,1-2H3. The van der Waals surface area contributed by atoms with Gasteiger partial charge in [0.2, 0.25) is 0 Å². The smallest absolute Gasteiger partial charge is 0.317 e. The summed E-state index contributed by atoms with van der Waals surface area (Å²) in [6.07, 6.45) is 0.913. The van der Waals surface area contributed by atoms with Crippen molar-refractivity contribution in [2.24, 2.45) is 17.3 Å². The molecular weight excluding hydrogens is 326 g/mol. The highest BCUT2D eigenvalue weighted by Crippen LogP contribution is 2.61. The van der Waals surface area contributed by atoms with Crippen molar-refractivity contribution < 1.29 is 14.5 Å². The zero-order valence-electron chi connectivity index (χ0n) is 11.3. The first kappa shape index (κ1) is 15.0. The maximum Gasteiger partial charge on any atom is 0.317 e. The van der Waals surface area contributed by atoms with Crippen LogP contribution in [-0.2, 0) is 4.79 Å². The van der Waals surface area contributed by atoms with Crippen molar-refractivity contribution in [2.75, 3.05) is 5.33 Å². The third-order valence-electron chi connectivity index (χ3n) is 4.20. The summed E-state index contributed by atoms with van der Waals surface area (Å²) in [5, 5.41) is 11.5. The van der Waals surface area contributed by atoms with E-state index in [1.54, 1.807) is 6.07 Å². The maximum atomic E-state index is 12.3. The molecule has 0 bridgehead atoms. The lowest BCUT2D eigenvalue weighted by Crippen LogP contribution is -2.22. The molecule has 1 aliphatic carbocycles. The highest BCUT2D eigenvalue weighted by atomic mass is 79.9. The Labute approximate surface area is 125 Å². The Kier molecular flexibility index (Phi) is 4.13. The summed E-state index contributed by atoms with van der Waals surface area (Å²) in [5.74, 6) is 0.474. The first-order chi connectivity index (χ1) is 9.44. The topological polar surface area (TPSA) is 69.4 Å². The van der Waals surface area contributed by atoms with Crippen molar-refractivity contribution >= 4 is 27.6 Å². The second-order valence-electron chi connectivity index (χ2n) is 5.20. The molecule has 20 heavy (non-hydrogen) atoms. The van der Waals surface area contributed by atoms with Crippen molar-refractivity contribution in [3.63, 3.8) is 0 Å². The van der Waals surface area contributed by atoms with Gasteiger partial charge in [-0.2, -0.15) is 0 Å². The predicted molar refractivity (Wildman–Crippen MR) is 77.9 cm³/mol. The molecule has 0 radical (unpaired) electrons. The monoisotopic (exact) mass is 341 g/mol. The van der Waals surface area contributed by atoms with Gasteiger partial charge in [-0.3, -0.25) is 14.9 Å². The van der Waals surface area contributed by atoms with Crippen LogP contribution in [0.1, 0.15) is 20.3 Å². The Bertz CT molecular complexity index is 536.